The van der Waals surface area contributed by atoms with Gasteiger partial charge in [-0.15, -0.1) is 0 Å². The molecule has 0 aliphatic rings. The fraction of sp³-hybridized carbons (Fsp3) is 0.333. The van der Waals surface area contributed by atoms with Crippen molar-refractivity contribution in [2.75, 3.05) is 13.5 Å². The Morgan fingerprint density at radius 3 is 2.40 bits per heavy atom. The van der Waals surface area contributed by atoms with Crippen molar-refractivity contribution in [2.45, 2.75) is 6.61 Å². The van der Waals surface area contributed by atoms with E-state index in [2.05, 4.69) is 0 Å². The zero-order valence-corrected chi connectivity index (χ0v) is 11.7. The maximum atomic E-state index is 10.8. The van der Waals surface area contributed by atoms with Gasteiger partial charge in [-0.3, -0.25) is 0 Å². The number of aliphatic hydroxyl groups is 1. The first-order chi connectivity index (χ1) is 6.76. The maximum Gasteiger partial charge on any atom is 1.00 e. The minimum Gasteiger partial charge on any atom is -0.806 e. The van der Waals surface area contributed by atoms with E-state index in [4.69, 9.17) is 14.4 Å². The molecule has 0 aliphatic heterocycles. The number of aliphatic hydroxyl groups excluding tert-OH is 1. The Bertz CT molecular complexity index is 267. The average Bonchev–Trinajstić information content (AvgIpc) is 2.26. The molecule has 0 saturated heterocycles. The van der Waals surface area contributed by atoms with Crippen LogP contribution in [0.4, 0.5) is 0 Å². The molecule has 4 nitrogen and oxygen atoms in total. The molecule has 0 aromatic heterocycles. The second-order valence-corrected chi connectivity index (χ2v) is 3.80. The summed E-state index contributed by atoms with van der Waals surface area (Å²) in [4.78, 5) is 10.8. The topological polar surface area (TPSA) is 61.8 Å². The largest absolute Gasteiger partial charge is 1.00 e. The van der Waals surface area contributed by atoms with Crippen molar-refractivity contribution >= 4 is 8.38 Å². The molecule has 0 saturated carbocycles. The summed E-state index contributed by atoms with van der Waals surface area (Å²) < 4.78 is 9.85. The Labute approximate surface area is 112 Å². The van der Waals surface area contributed by atoms with Gasteiger partial charge in [0.2, 0.25) is 0 Å². The Morgan fingerprint density at radius 1 is 1.33 bits per heavy atom. The van der Waals surface area contributed by atoms with Crippen LogP contribution >= 0.6 is 8.38 Å². The molecule has 0 fully saturated rings. The van der Waals surface area contributed by atoms with Gasteiger partial charge in [0.1, 0.15) is 5.75 Å². The number of methoxy groups -OCH3 is 1. The van der Waals surface area contributed by atoms with Crippen LogP contribution in [0.25, 0.3) is 0 Å². The third-order valence-electron chi connectivity index (χ3n) is 1.65. The van der Waals surface area contributed by atoms with Crippen molar-refractivity contribution in [1.82, 2.24) is 0 Å². The Hall–Kier alpha value is 0.330. The molecule has 1 unspecified atom stereocenters. The van der Waals surface area contributed by atoms with Crippen molar-refractivity contribution < 1.29 is 48.8 Å². The number of rotatable bonds is 5. The van der Waals surface area contributed by atoms with Gasteiger partial charge in [0.25, 0.3) is 0 Å². The zero-order valence-electron chi connectivity index (χ0n) is 8.84. The molecule has 1 rings (SSSR count). The molecule has 0 radical (unpaired) electrons. The molecule has 0 amide bonds. The van der Waals surface area contributed by atoms with E-state index in [0.717, 1.165) is 11.3 Å². The first-order valence-corrected chi connectivity index (χ1v) is 5.44. The van der Waals surface area contributed by atoms with Crippen molar-refractivity contribution in [3.05, 3.63) is 29.8 Å². The third kappa shape index (κ3) is 5.83. The predicted octanol–water partition coefficient (Wildman–Crippen LogP) is -2.16. The van der Waals surface area contributed by atoms with Gasteiger partial charge in [0, 0.05) is 0 Å². The van der Waals surface area contributed by atoms with E-state index in [1.54, 1.807) is 19.2 Å². The molecular formula is C9H12NaO4P. The summed E-state index contributed by atoms with van der Waals surface area (Å²) >= 11 is 0. The van der Waals surface area contributed by atoms with Crippen LogP contribution in [-0.4, -0.2) is 18.6 Å². The summed E-state index contributed by atoms with van der Waals surface area (Å²) in [6.45, 7) is 0.236. The molecule has 0 spiro atoms. The summed E-state index contributed by atoms with van der Waals surface area (Å²) in [6, 6.07) is 7.23. The molecule has 0 bridgehead atoms. The van der Waals surface area contributed by atoms with Gasteiger partial charge in [-0.1, -0.05) is 12.1 Å². The van der Waals surface area contributed by atoms with Crippen molar-refractivity contribution in [1.29, 1.82) is 0 Å². The summed E-state index contributed by atoms with van der Waals surface area (Å²) in [6.07, 6.45) is -0.439. The fourth-order valence-corrected chi connectivity index (χ4v) is 1.28. The number of hydrogen-bond acceptors (Lipinski definition) is 4. The SMILES string of the molecule is COc1ccc(COP([O-])CO)cc1.[Na+]. The smallest absolute Gasteiger partial charge is 0.806 e. The van der Waals surface area contributed by atoms with E-state index >= 15 is 0 Å². The molecule has 0 heterocycles. The van der Waals surface area contributed by atoms with Crippen LogP contribution < -0.4 is 39.2 Å². The van der Waals surface area contributed by atoms with Crippen LogP contribution in [0.1, 0.15) is 5.56 Å². The molecule has 1 N–H and O–H groups in total. The Morgan fingerprint density at radius 2 is 1.93 bits per heavy atom. The Kier molecular flexibility index (Phi) is 8.66. The van der Waals surface area contributed by atoms with E-state index < -0.39 is 14.7 Å². The van der Waals surface area contributed by atoms with Crippen LogP contribution in [0.15, 0.2) is 24.3 Å². The maximum absolute atomic E-state index is 10.8. The van der Waals surface area contributed by atoms with Crippen LogP contribution in [0.5, 0.6) is 5.75 Å². The second kappa shape index (κ2) is 8.48. The van der Waals surface area contributed by atoms with E-state index in [9.17, 15) is 4.89 Å². The van der Waals surface area contributed by atoms with Crippen molar-refractivity contribution in [2.24, 2.45) is 0 Å². The van der Waals surface area contributed by atoms with Gasteiger partial charge in [0.05, 0.1) is 20.1 Å². The van der Waals surface area contributed by atoms with Crippen LogP contribution in [0.2, 0.25) is 0 Å². The summed E-state index contributed by atoms with van der Waals surface area (Å²) in [5.74, 6) is 0.764. The van der Waals surface area contributed by atoms with Gasteiger partial charge in [-0.05, 0) is 26.1 Å². The normalized spacial score (nSPS) is 11.7. The molecule has 15 heavy (non-hydrogen) atoms. The molecule has 1 aromatic rings. The number of benzene rings is 1. The van der Waals surface area contributed by atoms with E-state index in [0.29, 0.717) is 0 Å². The van der Waals surface area contributed by atoms with Gasteiger partial charge in [0.15, 0.2) is 0 Å². The quantitative estimate of drug-likeness (QED) is 0.469. The summed E-state index contributed by atoms with van der Waals surface area (Å²) in [5, 5.41) is 8.47. The molecule has 78 valence electrons. The summed E-state index contributed by atoms with van der Waals surface area (Å²) in [5.41, 5.74) is 0.891. The molecular weight excluding hydrogens is 226 g/mol. The van der Waals surface area contributed by atoms with Crippen molar-refractivity contribution in [3.63, 3.8) is 0 Å². The Balaban J connectivity index is 0.00000196. The monoisotopic (exact) mass is 238 g/mol. The predicted molar refractivity (Wildman–Crippen MR) is 51.8 cm³/mol. The summed E-state index contributed by atoms with van der Waals surface area (Å²) in [7, 11) is -0.348. The molecule has 0 aliphatic carbocycles. The van der Waals surface area contributed by atoms with E-state index in [1.807, 2.05) is 12.1 Å². The van der Waals surface area contributed by atoms with E-state index in [-0.39, 0.29) is 36.2 Å². The average molecular weight is 238 g/mol. The van der Waals surface area contributed by atoms with Crippen LogP contribution in [0.3, 0.4) is 0 Å². The molecule has 6 heteroatoms. The van der Waals surface area contributed by atoms with Crippen molar-refractivity contribution in [3.8, 4) is 5.75 Å². The first-order valence-electron chi connectivity index (χ1n) is 4.07. The fourth-order valence-electron chi connectivity index (χ4n) is 0.909. The number of ether oxygens (including phenoxy) is 1. The van der Waals surface area contributed by atoms with Gasteiger partial charge < -0.3 is 19.3 Å². The van der Waals surface area contributed by atoms with E-state index in [1.165, 1.54) is 0 Å². The minimum absolute atomic E-state index is 0. The standard InChI is InChI=1S/C9H12O4P.Na/c1-12-9-4-2-8(3-5-9)6-13-14(11)7-10;/h2-5,10H,6-7H2,1H3;/q-1;+1. The first kappa shape index (κ1) is 15.3. The van der Waals surface area contributed by atoms with Gasteiger partial charge >= 0.3 is 29.6 Å². The van der Waals surface area contributed by atoms with Gasteiger partial charge in [-0.25, -0.2) is 0 Å². The van der Waals surface area contributed by atoms with Gasteiger partial charge in [-0.2, -0.15) is 0 Å². The van der Waals surface area contributed by atoms with Crippen LogP contribution in [0, 0.1) is 0 Å². The molecule has 1 aromatic carbocycles. The number of hydrogen-bond donors (Lipinski definition) is 1. The zero-order chi connectivity index (χ0) is 10.4. The second-order valence-electron chi connectivity index (χ2n) is 2.60. The minimum atomic E-state index is -1.94. The third-order valence-corrected chi connectivity index (χ3v) is 2.30. The molecule has 1 atom stereocenters. The van der Waals surface area contributed by atoms with Crippen LogP contribution in [-0.2, 0) is 11.1 Å².